The second-order valence-corrected chi connectivity index (χ2v) is 13.1. The van der Waals surface area contributed by atoms with Gasteiger partial charge in [0.25, 0.3) is 0 Å². The molecule has 1 aliphatic carbocycles. The molecule has 3 N–H and O–H groups in total. The summed E-state index contributed by atoms with van der Waals surface area (Å²) < 4.78 is 11.2. The van der Waals surface area contributed by atoms with Gasteiger partial charge in [0.15, 0.2) is 0 Å². The first-order chi connectivity index (χ1) is 22.6. The molecule has 256 valence electrons. The summed E-state index contributed by atoms with van der Waals surface area (Å²) >= 11 is 15.6. The molecular weight excluding hydrogens is 703 g/mol. The molecule has 4 rings (SSSR count). The first-order valence-electron chi connectivity index (χ1n) is 16.2. The van der Waals surface area contributed by atoms with E-state index in [4.69, 9.17) is 38.4 Å². The molecule has 0 heterocycles. The number of nitrogens with two attached hydrogens (primary N) is 1. The number of hydrogen-bond donors (Lipinski definition) is 2. The van der Waals surface area contributed by atoms with Crippen molar-refractivity contribution in [3.63, 3.8) is 0 Å². The van der Waals surface area contributed by atoms with Crippen molar-refractivity contribution in [3.8, 4) is 0 Å². The first-order valence-corrected chi connectivity index (χ1v) is 17.8. The molecule has 0 atom stereocenters. The smallest absolute Gasteiger partial charge is 0.338 e. The minimum absolute atomic E-state index is 0.271. The van der Waals surface area contributed by atoms with Gasteiger partial charge >= 0.3 is 11.9 Å². The number of anilines is 3. The van der Waals surface area contributed by atoms with Crippen LogP contribution in [0.25, 0.3) is 0 Å². The minimum Gasteiger partial charge on any atom is -0.465 e. The standard InChI is InChI=1S/C24H38BrN3O4.C12H9Cl2N/c1-4-27(11-13-31-18(3)29)12-14-32-24(30)19-15-20(23(26)22(25)16-19)17-28(5-2)21-9-7-6-8-10-21;13-10-7-4-8-11(14)12(10)15-9-5-2-1-3-6-9/h15-16,21H,4-14,17,26H2,1-3H3;1-8,15H. The van der Waals surface area contributed by atoms with E-state index in [1.807, 2.05) is 49.4 Å². The Balaban J connectivity index is 0.000000331. The molecule has 0 spiro atoms. The molecule has 0 bridgehead atoms. The van der Waals surface area contributed by atoms with Gasteiger partial charge in [-0.3, -0.25) is 14.6 Å². The molecule has 47 heavy (non-hydrogen) atoms. The lowest BCUT2D eigenvalue weighted by molar-refractivity contribution is -0.141. The highest BCUT2D eigenvalue weighted by Crippen LogP contribution is 2.32. The Morgan fingerprint density at radius 2 is 1.55 bits per heavy atom. The number of rotatable bonds is 14. The van der Waals surface area contributed by atoms with E-state index < -0.39 is 0 Å². The molecule has 1 fully saturated rings. The van der Waals surface area contributed by atoms with Gasteiger partial charge in [-0.25, -0.2) is 4.79 Å². The third-order valence-corrected chi connectivity index (χ3v) is 9.41. The maximum Gasteiger partial charge on any atom is 0.338 e. The van der Waals surface area contributed by atoms with Crippen molar-refractivity contribution in [2.75, 3.05) is 50.4 Å². The van der Waals surface area contributed by atoms with Crippen LogP contribution < -0.4 is 11.1 Å². The molecular formula is C36H47BrCl2N4O4. The molecule has 8 nitrogen and oxygen atoms in total. The first kappa shape index (κ1) is 38.6. The van der Waals surface area contributed by atoms with E-state index in [0.717, 1.165) is 41.0 Å². The number of para-hydroxylation sites is 2. The fraction of sp³-hybridized carbons (Fsp3) is 0.444. The normalized spacial score (nSPS) is 13.2. The van der Waals surface area contributed by atoms with Crippen molar-refractivity contribution in [2.24, 2.45) is 0 Å². The number of halogens is 3. The number of carbonyl (C=O) groups is 2. The number of nitrogens with zero attached hydrogens (tertiary/aromatic N) is 2. The van der Waals surface area contributed by atoms with E-state index in [-0.39, 0.29) is 18.5 Å². The van der Waals surface area contributed by atoms with Crippen LogP contribution >= 0.6 is 39.1 Å². The maximum absolute atomic E-state index is 12.7. The Hall–Kier alpha value is -2.82. The van der Waals surface area contributed by atoms with E-state index in [1.54, 1.807) is 18.2 Å². The molecule has 1 saturated carbocycles. The molecule has 3 aromatic rings. The quantitative estimate of drug-likeness (QED) is 0.125. The summed E-state index contributed by atoms with van der Waals surface area (Å²) in [7, 11) is 0. The van der Waals surface area contributed by atoms with Crippen LogP contribution in [0.3, 0.4) is 0 Å². The van der Waals surface area contributed by atoms with Gasteiger partial charge in [0.05, 0.1) is 27.0 Å². The molecule has 0 unspecified atom stereocenters. The summed E-state index contributed by atoms with van der Waals surface area (Å²) in [4.78, 5) is 28.1. The number of ether oxygens (including phenoxy) is 2. The van der Waals surface area contributed by atoms with Crippen molar-refractivity contribution in [3.05, 3.63) is 86.3 Å². The summed E-state index contributed by atoms with van der Waals surface area (Å²) in [6.07, 6.45) is 6.33. The summed E-state index contributed by atoms with van der Waals surface area (Å²) in [6.45, 7) is 9.85. The number of nitrogens with one attached hydrogen (secondary N) is 1. The SMILES string of the molecule is CCN(CCOC(C)=O)CCOC(=O)c1cc(Br)c(N)c(CN(CC)C2CCCCC2)c1.Clc1cccc(Cl)c1Nc1ccccc1. The lowest BCUT2D eigenvalue weighted by atomic mass is 9.93. The van der Waals surface area contributed by atoms with Gasteiger partial charge in [-0.05, 0) is 83.8 Å². The van der Waals surface area contributed by atoms with Gasteiger partial charge in [0.2, 0.25) is 0 Å². The fourth-order valence-electron chi connectivity index (χ4n) is 5.47. The van der Waals surface area contributed by atoms with Gasteiger partial charge in [0, 0.05) is 42.8 Å². The van der Waals surface area contributed by atoms with Crippen LogP contribution in [0.1, 0.15) is 68.8 Å². The number of carbonyl (C=O) groups excluding carboxylic acids is 2. The van der Waals surface area contributed by atoms with Gasteiger partial charge in [-0.2, -0.15) is 0 Å². The van der Waals surface area contributed by atoms with Crippen LogP contribution in [-0.2, 0) is 20.8 Å². The Morgan fingerprint density at radius 1 is 0.915 bits per heavy atom. The van der Waals surface area contributed by atoms with Crippen molar-refractivity contribution >= 4 is 68.1 Å². The van der Waals surface area contributed by atoms with Crippen molar-refractivity contribution < 1.29 is 19.1 Å². The third-order valence-electron chi connectivity index (χ3n) is 8.13. The number of esters is 2. The third kappa shape index (κ3) is 13.0. The Labute approximate surface area is 298 Å². The van der Waals surface area contributed by atoms with Crippen molar-refractivity contribution in [1.29, 1.82) is 0 Å². The molecule has 3 aromatic carbocycles. The molecule has 0 aromatic heterocycles. The van der Waals surface area contributed by atoms with Crippen LogP contribution in [0.15, 0.2) is 65.1 Å². The number of hydrogen-bond acceptors (Lipinski definition) is 8. The lowest BCUT2D eigenvalue weighted by Gasteiger charge is -2.34. The number of likely N-dealkylation sites (N-methyl/N-ethyl adjacent to an activating group) is 1. The molecule has 1 aliphatic rings. The molecule has 0 saturated heterocycles. The summed E-state index contributed by atoms with van der Waals surface area (Å²) in [5, 5.41) is 4.41. The van der Waals surface area contributed by atoms with Crippen LogP contribution in [0.4, 0.5) is 17.1 Å². The monoisotopic (exact) mass is 748 g/mol. The van der Waals surface area contributed by atoms with Gasteiger partial charge < -0.3 is 20.5 Å². The predicted octanol–water partition coefficient (Wildman–Crippen LogP) is 8.96. The van der Waals surface area contributed by atoms with Gasteiger partial charge in [0.1, 0.15) is 13.2 Å². The van der Waals surface area contributed by atoms with E-state index >= 15 is 0 Å². The molecule has 11 heteroatoms. The highest BCUT2D eigenvalue weighted by atomic mass is 79.9. The predicted molar refractivity (Wildman–Crippen MR) is 197 cm³/mol. The lowest BCUT2D eigenvalue weighted by Crippen LogP contribution is -2.36. The van der Waals surface area contributed by atoms with Crippen LogP contribution in [0.2, 0.25) is 10.0 Å². The van der Waals surface area contributed by atoms with Crippen molar-refractivity contribution in [1.82, 2.24) is 9.80 Å². The topological polar surface area (TPSA) is 97.1 Å². The zero-order chi connectivity index (χ0) is 34.2. The average molecular weight is 751 g/mol. The Morgan fingerprint density at radius 3 is 2.15 bits per heavy atom. The summed E-state index contributed by atoms with van der Waals surface area (Å²) in [5.74, 6) is -0.647. The number of nitrogen functional groups attached to an aromatic ring is 1. The Kier molecular flexibility index (Phi) is 16.9. The highest BCUT2D eigenvalue weighted by molar-refractivity contribution is 9.10. The summed E-state index contributed by atoms with van der Waals surface area (Å²) in [6, 6.07) is 19.4. The second-order valence-electron chi connectivity index (χ2n) is 11.4. The van der Waals surface area contributed by atoms with Crippen LogP contribution in [-0.4, -0.2) is 67.2 Å². The van der Waals surface area contributed by atoms with Crippen LogP contribution in [0, 0.1) is 0 Å². The van der Waals surface area contributed by atoms with Crippen molar-refractivity contribution in [2.45, 2.75) is 65.5 Å². The zero-order valence-electron chi connectivity index (χ0n) is 27.6. The van der Waals surface area contributed by atoms with E-state index in [9.17, 15) is 9.59 Å². The van der Waals surface area contributed by atoms with Gasteiger partial charge in [-0.15, -0.1) is 0 Å². The van der Waals surface area contributed by atoms with E-state index in [2.05, 4.69) is 38.0 Å². The van der Waals surface area contributed by atoms with Crippen LogP contribution in [0.5, 0.6) is 0 Å². The largest absolute Gasteiger partial charge is 0.465 e. The minimum atomic E-state index is -0.358. The Bertz CT molecular complexity index is 1400. The highest BCUT2D eigenvalue weighted by Gasteiger charge is 2.22. The molecule has 0 radical (unpaired) electrons. The molecule has 0 amide bonds. The second kappa shape index (κ2) is 20.5. The average Bonchev–Trinajstić information content (AvgIpc) is 3.07. The fourth-order valence-corrected chi connectivity index (χ4v) is 6.46. The van der Waals surface area contributed by atoms with Gasteiger partial charge in [-0.1, -0.05) is 80.6 Å². The zero-order valence-corrected chi connectivity index (χ0v) is 30.7. The maximum atomic E-state index is 12.7. The summed E-state index contributed by atoms with van der Waals surface area (Å²) in [5.41, 5.74) is 10.2. The molecule has 0 aliphatic heterocycles. The van der Waals surface area contributed by atoms with E-state index in [1.165, 1.54) is 39.0 Å². The number of benzene rings is 3. The van der Waals surface area contributed by atoms with E-state index in [0.29, 0.717) is 47.0 Å².